The van der Waals surface area contributed by atoms with Crippen LogP contribution in [0.4, 0.5) is 0 Å². The Morgan fingerprint density at radius 2 is 2.25 bits per heavy atom. The van der Waals surface area contributed by atoms with Crippen LogP contribution in [0.2, 0.25) is 0 Å². The summed E-state index contributed by atoms with van der Waals surface area (Å²) in [6.07, 6.45) is 0.0700. The van der Waals surface area contributed by atoms with Gasteiger partial charge in [-0.3, -0.25) is 5.32 Å². The quantitative estimate of drug-likeness (QED) is 0.794. The number of hydrogen-bond acceptors (Lipinski definition) is 2. The second kappa shape index (κ2) is 3.56. The SMILES string of the molecule is Brc1ccccc1C1NCCO1. The monoisotopic (exact) mass is 227 g/mol. The van der Waals surface area contributed by atoms with Crippen molar-refractivity contribution >= 4 is 15.9 Å². The van der Waals surface area contributed by atoms with Crippen molar-refractivity contribution in [1.29, 1.82) is 0 Å². The number of nitrogens with one attached hydrogen (secondary N) is 1. The highest BCUT2D eigenvalue weighted by molar-refractivity contribution is 9.10. The second-order valence-corrected chi connectivity index (χ2v) is 3.58. The molecule has 12 heavy (non-hydrogen) atoms. The molecule has 0 amide bonds. The van der Waals surface area contributed by atoms with E-state index in [2.05, 4.69) is 27.3 Å². The summed E-state index contributed by atoms with van der Waals surface area (Å²) < 4.78 is 6.58. The van der Waals surface area contributed by atoms with Crippen LogP contribution in [0.25, 0.3) is 0 Å². The van der Waals surface area contributed by atoms with E-state index in [1.165, 1.54) is 5.56 Å². The summed E-state index contributed by atoms with van der Waals surface area (Å²) in [6.45, 7) is 1.73. The van der Waals surface area contributed by atoms with Crippen LogP contribution in [-0.2, 0) is 4.74 Å². The van der Waals surface area contributed by atoms with E-state index in [4.69, 9.17) is 4.74 Å². The third-order valence-electron chi connectivity index (χ3n) is 1.90. The van der Waals surface area contributed by atoms with E-state index in [0.29, 0.717) is 0 Å². The molecule has 0 saturated carbocycles. The topological polar surface area (TPSA) is 21.3 Å². The van der Waals surface area contributed by atoms with Gasteiger partial charge in [-0.15, -0.1) is 0 Å². The number of rotatable bonds is 1. The summed E-state index contributed by atoms with van der Waals surface area (Å²) in [5, 5.41) is 3.26. The van der Waals surface area contributed by atoms with Crippen molar-refractivity contribution in [2.75, 3.05) is 13.2 Å². The first-order valence-electron chi connectivity index (χ1n) is 3.97. The Bertz CT molecular complexity index is 271. The Balaban J connectivity index is 2.26. The van der Waals surface area contributed by atoms with Gasteiger partial charge in [-0.1, -0.05) is 34.1 Å². The first-order valence-corrected chi connectivity index (χ1v) is 4.76. The predicted octanol–water partition coefficient (Wildman–Crippen LogP) is 2.07. The fourth-order valence-corrected chi connectivity index (χ4v) is 1.81. The van der Waals surface area contributed by atoms with Crippen molar-refractivity contribution < 1.29 is 4.74 Å². The molecule has 2 rings (SSSR count). The molecule has 1 aliphatic rings. The van der Waals surface area contributed by atoms with E-state index >= 15 is 0 Å². The summed E-state index contributed by atoms with van der Waals surface area (Å²) in [7, 11) is 0. The maximum atomic E-state index is 5.48. The van der Waals surface area contributed by atoms with Crippen LogP contribution in [0.5, 0.6) is 0 Å². The van der Waals surface area contributed by atoms with Gasteiger partial charge in [0, 0.05) is 16.6 Å². The molecule has 3 heteroatoms. The molecule has 1 heterocycles. The zero-order valence-electron chi connectivity index (χ0n) is 6.59. The van der Waals surface area contributed by atoms with Crippen molar-refractivity contribution in [3.8, 4) is 0 Å². The molecule has 1 aromatic carbocycles. The summed E-state index contributed by atoms with van der Waals surface area (Å²) >= 11 is 3.49. The zero-order valence-corrected chi connectivity index (χ0v) is 8.17. The molecule has 1 atom stereocenters. The van der Waals surface area contributed by atoms with Gasteiger partial charge in [-0.05, 0) is 6.07 Å². The molecular formula is C9H10BrNO. The normalized spacial score (nSPS) is 22.9. The third-order valence-corrected chi connectivity index (χ3v) is 2.63. The van der Waals surface area contributed by atoms with Crippen molar-refractivity contribution in [1.82, 2.24) is 5.32 Å². The zero-order chi connectivity index (χ0) is 8.39. The Kier molecular flexibility index (Phi) is 2.44. The van der Waals surface area contributed by atoms with Crippen molar-refractivity contribution in [3.63, 3.8) is 0 Å². The number of halogens is 1. The van der Waals surface area contributed by atoms with Crippen LogP contribution < -0.4 is 5.32 Å². The third kappa shape index (κ3) is 1.53. The maximum absolute atomic E-state index is 5.48. The van der Waals surface area contributed by atoms with Crippen LogP contribution in [0.1, 0.15) is 11.8 Å². The number of benzene rings is 1. The van der Waals surface area contributed by atoms with Gasteiger partial charge in [0.25, 0.3) is 0 Å². The van der Waals surface area contributed by atoms with Gasteiger partial charge in [0.2, 0.25) is 0 Å². The largest absolute Gasteiger partial charge is 0.358 e. The predicted molar refractivity (Wildman–Crippen MR) is 50.8 cm³/mol. The highest BCUT2D eigenvalue weighted by Crippen LogP contribution is 2.25. The highest BCUT2D eigenvalue weighted by atomic mass is 79.9. The molecule has 1 aromatic rings. The molecule has 0 spiro atoms. The smallest absolute Gasteiger partial charge is 0.135 e. The number of hydrogen-bond donors (Lipinski definition) is 1. The van der Waals surface area contributed by atoms with E-state index in [-0.39, 0.29) is 6.23 Å². The standard InChI is InChI=1S/C9H10BrNO/c10-8-4-2-1-3-7(8)9-11-5-6-12-9/h1-4,9,11H,5-6H2. The van der Waals surface area contributed by atoms with E-state index < -0.39 is 0 Å². The summed E-state index contributed by atoms with van der Waals surface area (Å²) in [4.78, 5) is 0. The van der Waals surface area contributed by atoms with Crippen molar-refractivity contribution in [2.45, 2.75) is 6.23 Å². The van der Waals surface area contributed by atoms with Gasteiger partial charge in [-0.2, -0.15) is 0 Å². The van der Waals surface area contributed by atoms with E-state index in [0.717, 1.165) is 17.6 Å². The lowest BCUT2D eigenvalue weighted by atomic mass is 10.2. The van der Waals surface area contributed by atoms with E-state index in [1.54, 1.807) is 0 Å². The number of ether oxygens (including phenoxy) is 1. The summed E-state index contributed by atoms with van der Waals surface area (Å²) in [5.74, 6) is 0. The van der Waals surface area contributed by atoms with Crippen molar-refractivity contribution in [2.24, 2.45) is 0 Å². The molecule has 1 aliphatic heterocycles. The molecule has 2 nitrogen and oxygen atoms in total. The fourth-order valence-electron chi connectivity index (χ4n) is 1.31. The van der Waals surface area contributed by atoms with Gasteiger partial charge < -0.3 is 4.74 Å². The second-order valence-electron chi connectivity index (χ2n) is 2.73. The molecule has 1 fully saturated rings. The molecule has 0 bridgehead atoms. The minimum Gasteiger partial charge on any atom is -0.358 e. The molecule has 0 aromatic heterocycles. The van der Waals surface area contributed by atoms with Crippen molar-refractivity contribution in [3.05, 3.63) is 34.3 Å². The molecule has 1 saturated heterocycles. The molecule has 1 unspecified atom stereocenters. The average Bonchev–Trinajstić information content (AvgIpc) is 2.57. The Labute approximate surface area is 80.1 Å². The lowest BCUT2D eigenvalue weighted by molar-refractivity contribution is 0.101. The van der Waals surface area contributed by atoms with Gasteiger partial charge in [0.05, 0.1) is 6.61 Å². The molecular weight excluding hydrogens is 218 g/mol. The van der Waals surface area contributed by atoms with E-state index in [1.807, 2.05) is 18.2 Å². The van der Waals surface area contributed by atoms with Crippen LogP contribution in [0, 0.1) is 0 Å². The first kappa shape index (κ1) is 8.23. The first-order chi connectivity index (χ1) is 5.88. The minimum absolute atomic E-state index is 0.0700. The lowest BCUT2D eigenvalue weighted by Gasteiger charge is -2.11. The summed E-state index contributed by atoms with van der Waals surface area (Å²) in [5.41, 5.74) is 1.18. The molecule has 64 valence electrons. The Morgan fingerprint density at radius 1 is 1.42 bits per heavy atom. The fraction of sp³-hybridized carbons (Fsp3) is 0.333. The lowest BCUT2D eigenvalue weighted by Crippen LogP contribution is -2.14. The maximum Gasteiger partial charge on any atom is 0.135 e. The summed E-state index contributed by atoms with van der Waals surface area (Å²) in [6, 6.07) is 8.11. The van der Waals surface area contributed by atoms with E-state index in [9.17, 15) is 0 Å². The van der Waals surface area contributed by atoms with Crippen LogP contribution in [-0.4, -0.2) is 13.2 Å². The minimum atomic E-state index is 0.0700. The van der Waals surface area contributed by atoms with Gasteiger partial charge in [0.1, 0.15) is 6.23 Å². The highest BCUT2D eigenvalue weighted by Gasteiger charge is 2.17. The molecule has 1 N–H and O–H groups in total. The van der Waals surface area contributed by atoms with Crippen LogP contribution >= 0.6 is 15.9 Å². The Morgan fingerprint density at radius 3 is 2.92 bits per heavy atom. The van der Waals surface area contributed by atoms with Gasteiger partial charge in [0.15, 0.2) is 0 Å². The van der Waals surface area contributed by atoms with Gasteiger partial charge >= 0.3 is 0 Å². The van der Waals surface area contributed by atoms with Crippen LogP contribution in [0.3, 0.4) is 0 Å². The Hall–Kier alpha value is -0.380. The van der Waals surface area contributed by atoms with Crippen LogP contribution in [0.15, 0.2) is 28.7 Å². The average molecular weight is 228 g/mol. The molecule has 0 radical (unpaired) electrons. The molecule has 0 aliphatic carbocycles. The van der Waals surface area contributed by atoms with Gasteiger partial charge in [-0.25, -0.2) is 0 Å².